The van der Waals surface area contributed by atoms with Crippen LogP contribution in [0, 0.1) is 6.92 Å². The first-order valence-electron chi connectivity index (χ1n) is 7.83. The first-order chi connectivity index (χ1) is 11.7. The Morgan fingerprint density at radius 1 is 1.36 bits per heavy atom. The zero-order valence-electron chi connectivity index (χ0n) is 14.7. The van der Waals surface area contributed by atoms with E-state index in [4.69, 9.17) is 4.74 Å². The summed E-state index contributed by atoms with van der Waals surface area (Å²) in [6.45, 7) is 3.62. The number of aryl methyl sites for hydroxylation is 1. The molecule has 0 aliphatic carbocycles. The third-order valence-corrected chi connectivity index (χ3v) is 5.41. The molecule has 0 saturated heterocycles. The van der Waals surface area contributed by atoms with Gasteiger partial charge in [-0.15, -0.1) is 35.3 Å². The Hall–Kier alpha value is -1.000. The van der Waals surface area contributed by atoms with Crippen molar-refractivity contribution in [1.29, 1.82) is 0 Å². The van der Waals surface area contributed by atoms with Gasteiger partial charge >= 0.3 is 0 Å². The summed E-state index contributed by atoms with van der Waals surface area (Å²) in [5.41, 5.74) is 2.31. The van der Waals surface area contributed by atoms with Crippen LogP contribution in [0.5, 0.6) is 5.75 Å². The summed E-state index contributed by atoms with van der Waals surface area (Å²) in [5, 5.41) is 8.67. The number of guanidine groups is 1. The first kappa shape index (κ1) is 22.0. The largest absolute Gasteiger partial charge is 0.496 e. The normalized spacial score (nSPS) is 10.9. The Morgan fingerprint density at radius 3 is 2.88 bits per heavy atom. The predicted molar refractivity (Wildman–Crippen MR) is 119 cm³/mol. The van der Waals surface area contributed by atoms with Crippen LogP contribution in [0.1, 0.15) is 17.5 Å². The topological polar surface area (TPSA) is 58.5 Å². The van der Waals surface area contributed by atoms with E-state index >= 15 is 0 Å². The monoisotopic (exact) mass is 492 g/mol. The van der Waals surface area contributed by atoms with Crippen LogP contribution in [0.25, 0.3) is 0 Å². The molecule has 2 aromatic rings. The minimum absolute atomic E-state index is 0. The van der Waals surface area contributed by atoms with Crippen molar-refractivity contribution >= 4 is 53.0 Å². The quantitative estimate of drug-likeness (QED) is 0.192. The van der Waals surface area contributed by atoms with Gasteiger partial charge in [-0.2, -0.15) is 0 Å². The number of thiazole rings is 1. The molecule has 1 heterocycles. The highest BCUT2D eigenvalue weighted by atomic mass is 127. The van der Waals surface area contributed by atoms with Crippen molar-refractivity contribution in [3.63, 3.8) is 0 Å². The minimum atomic E-state index is 0. The maximum Gasteiger partial charge on any atom is 0.191 e. The van der Waals surface area contributed by atoms with Crippen molar-refractivity contribution in [2.75, 3.05) is 26.5 Å². The number of nitrogens with zero attached hydrogens (tertiary/aromatic N) is 2. The number of nitrogens with one attached hydrogen (secondary N) is 2. The van der Waals surface area contributed by atoms with Crippen molar-refractivity contribution in [3.8, 4) is 5.75 Å². The van der Waals surface area contributed by atoms with E-state index in [0.717, 1.165) is 40.3 Å². The van der Waals surface area contributed by atoms with E-state index in [2.05, 4.69) is 39.7 Å². The molecule has 1 aromatic carbocycles. The molecule has 138 valence electrons. The van der Waals surface area contributed by atoms with Crippen LogP contribution in [-0.4, -0.2) is 37.4 Å². The molecule has 2 N–H and O–H groups in total. The van der Waals surface area contributed by atoms with Gasteiger partial charge in [-0.25, -0.2) is 4.98 Å². The molecular formula is C17H25IN4OS2. The number of ether oxygens (including phenoxy) is 1. The molecule has 0 fully saturated rings. The molecule has 0 radical (unpaired) electrons. The highest BCUT2D eigenvalue weighted by Crippen LogP contribution is 2.20. The Morgan fingerprint density at radius 2 is 2.20 bits per heavy atom. The zero-order chi connectivity index (χ0) is 17.2. The lowest BCUT2D eigenvalue weighted by molar-refractivity contribution is 0.408. The average molecular weight is 492 g/mol. The Balaban J connectivity index is 0.00000312. The summed E-state index contributed by atoms with van der Waals surface area (Å²) in [6, 6.07) is 6.22. The maximum atomic E-state index is 5.43. The molecule has 0 bridgehead atoms. The van der Waals surface area contributed by atoms with Crippen LogP contribution >= 0.6 is 47.1 Å². The standard InChI is InChI=1S/C17H24N4OS2.HI/c1-13-5-6-14(15(11-13)22-3)12-21-16(18-2)19-7-4-9-23-17-20-8-10-24-17;/h5-6,8,10-11H,4,7,9,12H2,1-3H3,(H2,18,19,21);1H. The van der Waals surface area contributed by atoms with Crippen LogP contribution in [0.3, 0.4) is 0 Å². The van der Waals surface area contributed by atoms with Gasteiger partial charge in [0, 0.05) is 43.0 Å². The van der Waals surface area contributed by atoms with E-state index in [-0.39, 0.29) is 24.0 Å². The van der Waals surface area contributed by atoms with Gasteiger partial charge in [-0.1, -0.05) is 23.9 Å². The van der Waals surface area contributed by atoms with Crippen LogP contribution in [0.2, 0.25) is 0 Å². The molecule has 0 unspecified atom stereocenters. The number of rotatable bonds is 8. The molecule has 8 heteroatoms. The summed E-state index contributed by atoms with van der Waals surface area (Å²) < 4.78 is 6.56. The van der Waals surface area contributed by atoms with Gasteiger partial charge in [-0.3, -0.25) is 4.99 Å². The number of hydrogen-bond donors (Lipinski definition) is 2. The van der Waals surface area contributed by atoms with Gasteiger partial charge in [0.15, 0.2) is 5.96 Å². The number of halogens is 1. The molecule has 5 nitrogen and oxygen atoms in total. The highest BCUT2D eigenvalue weighted by Gasteiger charge is 2.04. The Labute approximate surface area is 175 Å². The number of methoxy groups -OCH3 is 1. The lowest BCUT2D eigenvalue weighted by Crippen LogP contribution is -2.37. The van der Waals surface area contributed by atoms with Crippen LogP contribution in [-0.2, 0) is 6.54 Å². The van der Waals surface area contributed by atoms with E-state index in [1.54, 1.807) is 37.3 Å². The summed E-state index contributed by atoms with van der Waals surface area (Å²) >= 11 is 3.48. The van der Waals surface area contributed by atoms with Crippen molar-refractivity contribution in [3.05, 3.63) is 40.9 Å². The van der Waals surface area contributed by atoms with E-state index in [9.17, 15) is 0 Å². The summed E-state index contributed by atoms with van der Waals surface area (Å²) in [6.07, 6.45) is 2.90. The van der Waals surface area contributed by atoms with Gasteiger partial charge in [-0.05, 0) is 25.0 Å². The van der Waals surface area contributed by atoms with Gasteiger partial charge in [0.1, 0.15) is 10.1 Å². The summed E-state index contributed by atoms with van der Waals surface area (Å²) in [7, 11) is 3.48. The third-order valence-electron chi connectivity index (χ3n) is 3.36. The second-order valence-electron chi connectivity index (χ2n) is 5.17. The van der Waals surface area contributed by atoms with E-state index < -0.39 is 0 Å². The molecule has 1 aromatic heterocycles. The lowest BCUT2D eigenvalue weighted by atomic mass is 10.1. The predicted octanol–water partition coefficient (Wildman–Crippen LogP) is 3.93. The SMILES string of the molecule is CN=C(NCCCSc1nccs1)NCc1ccc(C)cc1OC.I. The second kappa shape index (κ2) is 12.4. The molecule has 0 amide bonds. The van der Waals surface area contributed by atoms with Gasteiger partial charge < -0.3 is 15.4 Å². The summed E-state index contributed by atoms with van der Waals surface area (Å²) in [5.74, 6) is 2.75. The van der Waals surface area contributed by atoms with Crippen molar-refractivity contribution in [2.24, 2.45) is 4.99 Å². The molecule has 0 aliphatic heterocycles. The fraction of sp³-hybridized carbons (Fsp3) is 0.412. The zero-order valence-corrected chi connectivity index (χ0v) is 18.7. The fourth-order valence-corrected chi connectivity index (χ4v) is 3.76. The fourth-order valence-electron chi connectivity index (χ4n) is 2.12. The second-order valence-corrected chi connectivity index (χ2v) is 7.40. The van der Waals surface area contributed by atoms with Crippen LogP contribution < -0.4 is 15.4 Å². The number of benzene rings is 1. The van der Waals surface area contributed by atoms with Gasteiger partial charge in [0.2, 0.25) is 0 Å². The van der Waals surface area contributed by atoms with Gasteiger partial charge in [0.05, 0.1) is 7.11 Å². The van der Waals surface area contributed by atoms with E-state index in [1.807, 2.05) is 17.6 Å². The number of thioether (sulfide) groups is 1. The van der Waals surface area contributed by atoms with Crippen LogP contribution in [0.15, 0.2) is 39.1 Å². The Kier molecular flexibility index (Phi) is 10.9. The smallest absolute Gasteiger partial charge is 0.191 e. The van der Waals surface area contributed by atoms with Crippen molar-refractivity contribution in [2.45, 2.75) is 24.2 Å². The summed E-state index contributed by atoms with van der Waals surface area (Å²) in [4.78, 5) is 8.52. The van der Waals surface area contributed by atoms with Gasteiger partial charge in [0.25, 0.3) is 0 Å². The molecule has 25 heavy (non-hydrogen) atoms. The molecule has 0 aliphatic rings. The van der Waals surface area contributed by atoms with Crippen LogP contribution in [0.4, 0.5) is 0 Å². The van der Waals surface area contributed by atoms with Crippen molar-refractivity contribution in [1.82, 2.24) is 15.6 Å². The highest BCUT2D eigenvalue weighted by molar-refractivity contribution is 14.0. The number of hydrogen-bond acceptors (Lipinski definition) is 5. The number of aliphatic imine (C=N–C) groups is 1. The lowest BCUT2D eigenvalue weighted by Gasteiger charge is -2.14. The Bertz CT molecular complexity index is 650. The maximum absolute atomic E-state index is 5.43. The average Bonchev–Trinajstić information content (AvgIpc) is 3.11. The van der Waals surface area contributed by atoms with E-state index in [0.29, 0.717) is 6.54 Å². The number of aromatic nitrogens is 1. The van der Waals surface area contributed by atoms with Crippen molar-refractivity contribution < 1.29 is 4.74 Å². The molecule has 0 atom stereocenters. The molecule has 2 rings (SSSR count). The third kappa shape index (κ3) is 7.83. The first-order valence-corrected chi connectivity index (χ1v) is 9.69. The molecule has 0 saturated carbocycles. The molecule has 0 spiro atoms. The molecular weight excluding hydrogens is 467 g/mol. The minimum Gasteiger partial charge on any atom is -0.496 e. The van der Waals surface area contributed by atoms with E-state index in [1.165, 1.54) is 5.56 Å².